The van der Waals surface area contributed by atoms with Crippen LogP contribution in [0.1, 0.15) is 74.9 Å². The molecule has 18 rings (SSSR count). The first-order valence-corrected chi connectivity index (χ1v) is 33.8. The summed E-state index contributed by atoms with van der Waals surface area (Å²) in [5.74, 6) is 0.783. The van der Waals surface area contributed by atoms with E-state index < -0.39 is 0 Å². The van der Waals surface area contributed by atoms with Crippen LogP contribution < -0.4 is 0 Å². The second kappa shape index (κ2) is 24.6. The molecule has 3 N–H and O–H groups in total. The fourth-order valence-electron chi connectivity index (χ4n) is 14.3. The number of para-hydroxylation sites is 3. The van der Waals surface area contributed by atoms with Crippen LogP contribution in [0.2, 0.25) is 0 Å². The Labute approximate surface area is 590 Å². The molecular weight excluding hydrogens is 1330 g/mol. The predicted octanol–water partition coefficient (Wildman–Crippen LogP) is 22.9. The van der Waals surface area contributed by atoms with Crippen LogP contribution >= 0.6 is 34.0 Å². The summed E-state index contributed by atoms with van der Waals surface area (Å²) in [5, 5.41) is 34.3. The van der Waals surface area contributed by atoms with Crippen molar-refractivity contribution in [2.24, 2.45) is 0 Å². The molecule has 0 fully saturated rings. The second-order valence-electron chi connectivity index (χ2n) is 25.9. The smallest absolute Gasteiger partial charge is 0.128 e. The van der Waals surface area contributed by atoms with E-state index in [-0.39, 0.29) is 72.4 Å². The monoisotopic (exact) mass is 1390 g/mol. The molecule has 6 nitrogen and oxygen atoms in total. The van der Waals surface area contributed by atoms with E-state index in [4.69, 9.17) is 15.0 Å². The number of hydrogen-bond donors (Lipinski definition) is 3. The zero-order valence-electron chi connectivity index (χ0n) is 53.6. The second-order valence-corrected chi connectivity index (χ2v) is 29.0. The third-order valence-electron chi connectivity index (χ3n) is 19.3. The van der Waals surface area contributed by atoms with Crippen molar-refractivity contribution in [2.45, 2.75) is 57.8 Å². The van der Waals surface area contributed by atoms with Gasteiger partial charge in [-0.3, -0.25) is 0 Å². The third-order valence-corrected chi connectivity index (χ3v) is 22.5. The molecule has 3 aliphatic carbocycles. The molecule has 0 radical (unpaired) electrons. The Balaban J connectivity index is 0.000000121. The van der Waals surface area contributed by atoms with Gasteiger partial charge in [0, 0.05) is 55.2 Å². The average molecular weight is 1390 g/mol. The molecule has 0 amide bonds. The van der Waals surface area contributed by atoms with Gasteiger partial charge in [0.1, 0.15) is 32.3 Å². The SMILES string of the molecule is CC1(C)c2ccccc2-c2ccc(-c3ccc(O)c(-c4nc5ccccc5s4)c3)cc21.CC1(C)c2ccccc2-c2ccc(-c3ccc(O)c(-c4nc5ccccc5s4)c3)cc21.CC1(C)c2ccccc2-c2ccc(-c3ccc(O)c(-c4nc5ccccc5s4)c3)cc21.[Zn].[Zn]. The van der Waals surface area contributed by atoms with Crippen LogP contribution in [0.25, 0.3) is 129 Å². The van der Waals surface area contributed by atoms with Crippen LogP contribution in [0.15, 0.2) is 255 Å². The number of fused-ring (bicyclic) bond motifs is 12. The summed E-state index contributed by atoms with van der Waals surface area (Å²) in [6.07, 6.45) is 0. The summed E-state index contributed by atoms with van der Waals surface area (Å²) in [4.78, 5) is 14.2. The molecule has 0 saturated carbocycles. The van der Waals surface area contributed by atoms with Gasteiger partial charge < -0.3 is 15.3 Å². The number of benzene rings is 12. The minimum atomic E-state index is -0.0330. The van der Waals surface area contributed by atoms with Crippen molar-refractivity contribution < 1.29 is 54.3 Å². The van der Waals surface area contributed by atoms with E-state index in [0.29, 0.717) is 0 Å². The maximum atomic E-state index is 10.6. The average Bonchev–Trinajstić information content (AvgIpc) is 1.60. The zero-order valence-corrected chi connectivity index (χ0v) is 62.0. The van der Waals surface area contributed by atoms with Crippen LogP contribution in [0.3, 0.4) is 0 Å². The van der Waals surface area contributed by atoms with Crippen LogP contribution in [0.5, 0.6) is 17.2 Å². The van der Waals surface area contributed by atoms with Gasteiger partial charge in [-0.15, -0.1) is 34.0 Å². The number of nitrogens with zero attached hydrogens (tertiary/aromatic N) is 3. The molecule has 12 aromatic carbocycles. The number of phenolic OH excluding ortho intramolecular Hbond substituents is 3. The normalized spacial score (nSPS) is 13.6. The van der Waals surface area contributed by atoms with Gasteiger partial charge in [-0.2, -0.15) is 0 Å². The minimum Gasteiger partial charge on any atom is -0.507 e. The summed E-state index contributed by atoms with van der Waals surface area (Å²) < 4.78 is 3.37. The number of aromatic nitrogens is 3. The molecule has 0 unspecified atom stereocenters. The van der Waals surface area contributed by atoms with Crippen molar-refractivity contribution in [1.29, 1.82) is 0 Å². The van der Waals surface area contributed by atoms with Gasteiger partial charge in [0.15, 0.2) is 0 Å². The zero-order chi connectivity index (χ0) is 63.5. The Morgan fingerprint density at radius 2 is 0.474 bits per heavy atom. The number of rotatable bonds is 6. The maximum absolute atomic E-state index is 10.6. The molecule has 0 atom stereocenters. The molecule has 0 saturated heterocycles. The summed E-state index contributed by atoms with van der Waals surface area (Å²) in [6, 6.07) is 88.0. The van der Waals surface area contributed by atoms with Gasteiger partial charge in [-0.25, -0.2) is 15.0 Å². The van der Waals surface area contributed by atoms with E-state index in [9.17, 15) is 15.3 Å². The van der Waals surface area contributed by atoms with Gasteiger partial charge >= 0.3 is 0 Å². The molecule has 3 aromatic heterocycles. The molecule has 0 spiro atoms. The van der Waals surface area contributed by atoms with Crippen LogP contribution in [0.4, 0.5) is 0 Å². The summed E-state index contributed by atoms with van der Waals surface area (Å²) in [6.45, 7) is 13.8. The number of phenols is 3. The number of thiazole rings is 3. The molecule has 0 aliphatic heterocycles. The Kier molecular flexibility index (Phi) is 16.4. The van der Waals surface area contributed by atoms with Crippen molar-refractivity contribution in [2.75, 3.05) is 0 Å². The number of aromatic hydroxyl groups is 3. The Hall–Kier alpha value is -9.04. The summed E-state index contributed by atoms with van der Waals surface area (Å²) in [5.41, 5.74) is 28.0. The molecule has 0 bridgehead atoms. The number of hydrogen-bond acceptors (Lipinski definition) is 9. The van der Waals surface area contributed by atoms with Gasteiger partial charge in [-0.1, -0.05) is 205 Å². The van der Waals surface area contributed by atoms with E-state index in [1.807, 2.05) is 72.8 Å². The standard InChI is InChI=1S/3C28H21NOS.2Zn/c3*1-28(2)22-8-4-3-7-19(22)20-13-11-18(16-23(20)28)17-12-14-25(30)21(15-17)27-29-24-9-5-6-10-26(24)31-27;;/h3*3-16,30H,1-2H3;;. The Morgan fingerprint density at radius 1 is 0.242 bits per heavy atom. The first-order chi connectivity index (χ1) is 45.1. The maximum Gasteiger partial charge on any atom is 0.128 e. The predicted molar refractivity (Wildman–Crippen MR) is 389 cm³/mol. The van der Waals surface area contributed by atoms with Crippen molar-refractivity contribution in [3.8, 4) is 116 Å². The van der Waals surface area contributed by atoms with E-state index in [1.165, 1.54) is 66.8 Å². The van der Waals surface area contributed by atoms with Crippen LogP contribution in [-0.4, -0.2) is 30.3 Å². The van der Waals surface area contributed by atoms with E-state index >= 15 is 0 Å². The van der Waals surface area contributed by atoms with Crippen LogP contribution in [0, 0.1) is 0 Å². The molecular formula is C84H63N3O3S3Zn2. The first-order valence-electron chi connectivity index (χ1n) is 31.4. The summed E-state index contributed by atoms with van der Waals surface area (Å²) >= 11 is 4.83. The van der Waals surface area contributed by atoms with Crippen molar-refractivity contribution in [1.82, 2.24) is 15.0 Å². The van der Waals surface area contributed by atoms with E-state index in [0.717, 1.165) is 95.7 Å². The quantitative estimate of drug-likeness (QED) is 0.144. The molecule has 15 aromatic rings. The van der Waals surface area contributed by atoms with Gasteiger partial charge in [0.2, 0.25) is 0 Å². The van der Waals surface area contributed by atoms with Crippen molar-refractivity contribution >= 4 is 64.7 Å². The third kappa shape index (κ3) is 11.0. The Morgan fingerprint density at radius 3 is 0.758 bits per heavy atom. The van der Waals surface area contributed by atoms with Crippen molar-refractivity contribution in [3.63, 3.8) is 0 Å². The van der Waals surface area contributed by atoms with Gasteiger partial charge in [0.05, 0.1) is 47.3 Å². The Bertz CT molecular complexity index is 4890. The molecule has 454 valence electrons. The topological polar surface area (TPSA) is 99.4 Å². The fourth-order valence-corrected chi connectivity index (χ4v) is 17.2. The van der Waals surface area contributed by atoms with Gasteiger partial charge in [-0.05, 0) is 191 Å². The summed E-state index contributed by atoms with van der Waals surface area (Å²) in [7, 11) is 0. The van der Waals surface area contributed by atoms with Crippen molar-refractivity contribution in [3.05, 3.63) is 288 Å². The first kappa shape index (κ1) is 63.4. The van der Waals surface area contributed by atoms with Crippen LogP contribution in [-0.2, 0) is 55.2 Å². The molecule has 3 aliphatic rings. The van der Waals surface area contributed by atoms with Gasteiger partial charge in [0.25, 0.3) is 0 Å². The molecule has 11 heteroatoms. The van der Waals surface area contributed by atoms with E-state index in [1.54, 1.807) is 52.2 Å². The fraction of sp³-hybridized carbons (Fsp3) is 0.107. The largest absolute Gasteiger partial charge is 0.507 e. The van der Waals surface area contributed by atoms with E-state index in [2.05, 4.69) is 205 Å². The minimum absolute atomic E-state index is 0. The molecule has 3 heterocycles. The molecule has 95 heavy (non-hydrogen) atoms.